The Kier molecular flexibility index (Phi) is 4.40. The van der Waals surface area contributed by atoms with E-state index in [0.29, 0.717) is 10.9 Å². The van der Waals surface area contributed by atoms with Gasteiger partial charge < -0.3 is 10.5 Å². The van der Waals surface area contributed by atoms with Gasteiger partial charge in [-0.1, -0.05) is 17.7 Å². The molecule has 1 atom stereocenters. The van der Waals surface area contributed by atoms with Gasteiger partial charge in [0.05, 0.1) is 0 Å². The van der Waals surface area contributed by atoms with Crippen molar-refractivity contribution in [2.75, 3.05) is 0 Å². The van der Waals surface area contributed by atoms with Crippen molar-refractivity contribution in [3.05, 3.63) is 52.7 Å². The highest BCUT2D eigenvalue weighted by Crippen LogP contribution is 2.28. The first-order chi connectivity index (χ1) is 9.06. The van der Waals surface area contributed by atoms with Crippen LogP contribution in [0.1, 0.15) is 18.1 Å². The molecule has 4 heteroatoms. The van der Waals surface area contributed by atoms with Gasteiger partial charge in [0.15, 0.2) is 0 Å². The Labute approximate surface area is 118 Å². The molecule has 3 nitrogen and oxygen atoms in total. The largest absolute Gasteiger partial charge is 0.438 e. The summed E-state index contributed by atoms with van der Waals surface area (Å²) in [6, 6.07) is 9.46. The molecule has 0 saturated carbocycles. The van der Waals surface area contributed by atoms with Crippen molar-refractivity contribution >= 4 is 11.6 Å². The molecule has 2 aromatic rings. The molecule has 0 spiro atoms. The van der Waals surface area contributed by atoms with Crippen LogP contribution in [0.5, 0.6) is 11.6 Å². The highest BCUT2D eigenvalue weighted by atomic mass is 35.5. The molecule has 1 aromatic heterocycles. The van der Waals surface area contributed by atoms with Gasteiger partial charge in [-0.05, 0) is 50.1 Å². The lowest BCUT2D eigenvalue weighted by Gasteiger charge is -2.13. The number of aryl methyl sites for hydroxylation is 1. The summed E-state index contributed by atoms with van der Waals surface area (Å²) < 4.78 is 5.87. The second-order valence-electron chi connectivity index (χ2n) is 4.66. The number of halogens is 1. The third-order valence-electron chi connectivity index (χ3n) is 2.74. The van der Waals surface area contributed by atoms with Crippen LogP contribution in [0, 0.1) is 6.92 Å². The summed E-state index contributed by atoms with van der Waals surface area (Å²) in [5.41, 5.74) is 7.82. The molecule has 0 aliphatic rings. The van der Waals surface area contributed by atoms with Crippen molar-refractivity contribution in [1.29, 1.82) is 0 Å². The second kappa shape index (κ2) is 6.04. The van der Waals surface area contributed by atoms with Gasteiger partial charge in [0.25, 0.3) is 0 Å². The number of nitrogens with two attached hydrogens (primary N) is 1. The summed E-state index contributed by atoms with van der Waals surface area (Å²) in [6.07, 6.45) is 2.45. The van der Waals surface area contributed by atoms with Crippen molar-refractivity contribution in [3.8, 4) is 11.6 Å². The first-order valence-corrected chi connectivity index (χ1v) is 6.57. The lowest BCUT2D eigenvalue weighted by atomic mass is 10.1. The SMILES string of the molecule is Cc1cc(Cl)ccc1Oc1ncccc1CC(C)N. The first-order valence-electron chi connectivity index (χ1n) is 6.19. The fourth-order valence-electron chi connectivity index (χ4n) is 1.85. The smallest absolute Gasteiger partial charge is 0.222 e. The van der Waals surface area contributed by atoms with Crippen molar-refractivity contribution in [1.82, 2.24) is 4.98 Å². The van der Waals surface area contributed by atoms with Crippen molar-refractivity contribution in [3.63, 3.8) is 0 Å². The Morgan fingerprint density at radius 1 is 1.37 bits per heavy atom. The fourth-order valence-corrected chi connectivity index (χ4v) is 2.08. The van der Waals surface area contributed by atoms with Crippen LogP contribution < -0.4 is 10.5 Å². The molecule has 0 aliphatic heterocycles. The Bertz CT molecular complexity index is 570. The van der Waals surface area contributed by atoms with E-state index >= 15 is 0 Å². The summed E-state index contributed by atoms with van der Waals surface area (Å²) >= 11 is 5.93. The lowest BCUT2D eigenvalue weighted by molar-refractivity contribution is 0.450. The van der Waals surface area contributed by atoms with Crippen molar-refractivity contribution in [2.45, 2.75) is 26.3 Å². The maximum absolute atomic E-state index is 5.93. The minimum absolute atomic E-state index is 0.0675. The molecular formula is C15H17ClN2O. The first kappa shape index (κ1) is 13.8. The monoisotopic (exact) mass is 276 g/mol. The van der Waals surface area contributed by atoms with Gasteiger partial charge in [-0.25, -0.2) is 4.98 Å². The van der Waals surface area contributed by atoms with E-state index < -0.39 is 0 Å². The number of rotatable bonds is 4. The van der Waals surface area contributed by atoms with Crippen LogP contribution in [-0.4, -0.2) is 11.0 Å². The Hall–Kier alpha value is -1.58. The molecule has 19 heavy (non-hydrogen) atoms. The number of aromatic nitrogens is 1. The van der Waals surface area contributed by atoms with Gasteiger partial charge in [0, 0.05) is 22.8 Å². The fraction of sp³-hybridized carbons (Fsp3) is 0.267. The van der Waals surface area contributed by atoms with Crippen LogP contribution >= 0.6 is 11.6 Å². The van der Waals surface area contributed by atoms with Crippen LogP contribution in [0.3, 0.4) is 0 Å². The molecule has 1 aromatic carbocycles. The zero-order valence-electron chi connectivity index (χ0n) is 11.1. The van der Waals surface area contributed by atoms with Crippen LogP contribution in [0.2, 0.25) is 5.02 Å². The summed E-state index contributed by atoms with van der Waals surface area (Å²) in [5, 5.41) is 0.696. The Morgan fingerprint density at radius 2 is 2.16 bits per heavy atom. The van der Waals surface area contributed by atoms with Gasteiger partial charge in [-0.2, -0.15) is 0 Å². The van der Waals surface area contributed by atoms with E-state index in [1.165, 1.54) is 0 Å². The predicted molar refractivity (Wildman–Crippen MR) is 77.9 cm³/mol. The number of benzene rings is 1. The number of hydrogen-bond acceptors (Lipinski definition) is 3. The zero-order valence-corrected chi connectivity index (χ0v) is 11.8. The highest BCUT2D eigenvalue weighted by Gasteiger charge is 2.09. The van der Waals surface area contributed by atoms with E-state index in [4.69, 9.17) is 22.1 Å². The van der Waals surface area contributed by atoms with Gasteiger partial charge in [-0.15, -0.1) is 0 Å². The number of nitrogens with zero attached hydrogens (tertiary/aromatic N) is 1. The molecule has 2 rings (SSSR count). The molecule has 0 aliphatic carbocycles. The van der Waals surface area contributed by atoms with E-state index in [9.17, 15) is 0 Å². The molecule has 2 N–H and O–H groups in total. The molecule has 100 valence electrons. The van der Waals surface area contributed by atoms with Gasteiger partial charge >= 0.3 is 0 Å². The standard InChI is InChI=1S/C15H17ClN2O/c1-10-8-13(16)5-6-14(10)19-15-12(9-11(2)17)4-3-7-18-15/h3-8,11H,9,17H2,1-2H3. The van der Waals surface area contributed by atoms with E-state index in [2.05, 4.69) is 4.98 Å². The van der Waals surface area contributed by atoms with E-state index in [1.807, 2.05) is 38.1 Å². The summed E-state index contributed by atoms with van der Waals surface area (Å²) in [6.45, 7) is 3.92. The molecule has 0 fully saturated rings. The molecule has 1 unspecified atom stereocenters. The van der Waals surface area contributed by atoms with E-state index in [-0.39, 0.29) is 6.04 Å². The molecule has 0 amide bonds. The van der Waals surface area contributed by atoms with Gasteiger partial charge in [0.2, 0.25) is 5.88 Å². The average molecular weight is 277 g/mol. The predicted octanol–water partition coefficient (Wildman–Crippen LogP) is 3.73. The third-order valence-corrected chi connectivity index (χ3v) is 2.97. The van der Waals surface area contributed by atoms with Crippen LogP contribution in [-0.2, 0) is 6.42 Å². The van der Waals surface area contributed by atoms with Crippen LogP contribution in [0.4, 0.5) is 0 Å². The van der Waals surface area contributed by atoms with Gasteiger partial charge in [-0.3, -0.25) is 0 Å². The van der Waals surface area contributed by atoms with Crippen LogP contribution in [0.25, 0.3) is 0 Å². The topological polar surface area (TPSA) is 48.1 Å². The summed E-state index contributed by atoms with van der Waals surface area (Å²) in [4.78, 5) is 4.28. The normalized spacial score (nSPS) is 12.2. The number of pyridine rings is 1. The molecular weight excluding hydrogens is 260 g/mol. The van der Waals surface area contributed by atoms with Crippen molar-refractivity contribution < 1.29 is 4.74 Å². The lowest BCUT2D eigenvalue weighted by Crippen LogP contribution is -2.18. The van der Waals surface area contributed by atoms with E-state index in [1.54, 1.807) is 12.3 Å². The van der Waals surface area contributed by atoms with Crippen molar-refractivity contribution in [2.24, 2.45) is 5.73 Å². The number of hydrogen-bond donors (Lipinski definition) is 1. The summed E-state index contributed by atoms with van der Waals surface area (Å²) in [7, 11) is 0. The molecule has 0 bridgehead atoms. The maximum Gasteiger partial charge on any atom is 0.222 e. The maximum atomic E-state index is 5.93. The quantitative estimate of drug-likeness (QED) is 0.926. The third kappa shape index (κ3) is 3.69. The van der Waals surface area contributed by atoms with E-state index in [0.717, 1.165) is 23.3 Å². The number of ether oxygens (including phenoxy) is 1. The summed E-state index contributed by atoms with van der Waals surface area (Å²) in [5.74, 6) is 1.36. The Morgan fingerprint density at radius 3 is 2.84 bits per heavy atom. The average Bonchev–Trinajstić information content (AvgIpc) is 2.34. The minimum atomic E-state index is 0.0675. The molecule has 0 saturated heterocycles. The highest BCUT2D eigenvalue weighted by molar-refractivity contribution is 6.30. The van der Waals surface area contributed by atoms with Crippen LogP contribution in [0.15, 0.2) is 36.5 Å². The Balaban J connectivity index is 2.27. The zero-order chi connectivity index (χ0) is 13.8. The minimum Gasteiger partial charge on any atom is -0.438 e. The second-order valence-corrected chi connectivity index (χ2v) is 5.10. The van der Waals surface area contributed by atoms with Gasteiger partial charge in [0.1, 0.15) is 5.75 Å². The molecule has 0 radical (unpaired) electrons. The molecule has 1 heterocycles.